The highest BCUT2D eigenvalue weighted by atomic mass is 127. The first kappa shape index (κ1) is 15.7. The van der Waals surface area contributed by atoms with Crippen molar-refractivity contribution in [1.82, 2.24) is 0 Å². The van der Waals surface area contributed by atoms with Crippen LogP contribution in [0.2, 0.25) is 0 Å². The predicted octanol–water partition coefficient (Wildman–Crippen LogP) is 3.92. The Morgan fingerprint density at radius 3 is 2.17 bits per heavy atom. The van der Waals surface area contributed by atoms with Crippen LogP contribution in [0.15, 0.2) is 35.9 Å². The van der Waals surface area contributed by atoms with E-state index < -0.39 is 17.3 Å². The fourth-order valence-corrected chi connectivity index (χ4v) is 3.56. The summed E-state index contributed by atoms with van der Waals surface area (Å²) in [5.74, 6) is -0.925. The topological polar surface area (TPSA) is 95.2 Å². The summed E-state index contributed by atoms with van der Waals surface area (Å²) in [5, 5.41) is 37.3. The van der Waals surface area contributed by atoms with Crippen molar-refractivity contribution < 1.29 is 0 Å². The van der Waals surface area contributed by atoms with E-state index in [1.54, 1.807) is 0 Å². The molecule has 2 aliphatic carbocycles. The van der Waals surface area contributed by atoms with Crippen molar-refractivity contribution in [1.29, 1.82) is 21.2 Å². The largest absolute Gasteiger partial charge is 0.305 e. The maximum absolute atomic E-state index is 9.70. The van der Waals surface area contributed by atoms with E-state index in [-0.39, 0.29) is 5.71 Å². The first-order chi connectivity index (χ1) is 11.1. The summed E-state index contributed by atoms with van der Waals surface area (Å²) in [6.07, 6.45) is 3.95. The van der Waals surface area contributed by atoms with Crippen molar-refractivity contribution in [3.05, 3.63) is 45.0 Å². The van der Waals surface area contributed by atoms with E-state index in [1.165, 1.54) is 0 Å². The van der Waals surface area contributed by atoms with Crippen molar-refractivity contribution in [2.45, 2.75) is 18.8 Å². The van der Waals surface area contributed by atoms with Crippen LogP contribution in [-0.4, -0.2) is 5.71 Å². The normalized spacial score (nSPS) is 25.7. The molecule has 1 aromatic carbocycles. The van der Waals surface area contributed by atoms with E-state index in [4.69, 9.17) is 5.41 Å². The van der Waals surface area contributed by atoms with Gasteiger partial charge in [-0.15, -0.1) is 0 Å². The minimum absolute atomic E-state index is 0.0713. The Morgan fingerprint density at radius 1 is 1.09 bits per heavy atom. The van der Waals surface area contributed by atoms with Gasteiger partial charge in [-0.2, -0.15) is 15.8 Å². The standard InChI is InChI=1S/C18H13IN4/c19-13-5-3-12(4-6-13)16-7-14(11-1-2-11)15(8-20)17(23)18(16,9-21)10-22/h3-7,11,15-16,23H,1-2H2/t15-,16-/m0/s1. The fourth-order valence-electron chi connectivity index (χ4n) is 3.20. The smallest absolute Gasteiger partial charge is 0.192 e. The van der Waals surface area contributed by atoms with Gasteiger partial charge in [-0.3, -0.25) is 0 Å². The van der Waals surface area contributed by atoms with Crippen LogP contribution in [0.25, 0.3) is 0 Å². The van der Waals surface area contributed by atoms with Gasteiger partial charge >= 0.3 is 0 Å². The quantitative estimate of drug-likeness (QED) is 0.589. The molecule has 112 valence electrons. The maximum atomic E-state index is 9.70. The molecule has 0 unspecified atom stereocenters. The lowest BCUT2D eigenvalue weighted by Gasteiger charge is -2.36. The molecule has 23 heavy (non-hydrogen) atoms. The van der Waals surface area contributed by atoms with E-state index in [0.29, 0.717) is 5.92 Å². The van der Waals surface area contributed by atoms with Gasteiger partial charge in [0.05, 0.1) is 23.9 Å². The van der Waals surface area contributed by atoms with Crippen LogP contribution in [0.4, 0.5) is 0 Å². The van der Waals surface area contributed by atoms with E-state index in [0.717, 1.165) is 27.5 Å². The lowest BCUT2D eigenvalue weighted by molar-refractivity contribution is 0.563. The molecule has 2 atom stereocenters. The Labute approximate surface area is 148 Å². The zero-order valence-corrected chi connectivity index (χ0v) is 14.4. The summed E-state index contributed by atoms with van der Waals surface area (Å²) in [4.78, 5) is 0. The summed E-state index contributed by atoms with van der Waals surface area (Å²) in [6.45, 7) is 0. The molecule has 2 aliphatic rings. The highest BCUT2D eigenvalue weighted by molar-refractivity contribution is 14.1. The highest BCUT2D eigenvalue weighted by Gasteiger charge is 2.52. The number of rotatable bonds is 2. The predicted molar refractivity (Wildman–Crippen MR) is 93.2 cm³/mol. The zero-order valence-electron chi connectivity index (χ0n) is 12.3. The van der Waals surface area contributed by atoms with Crippen LogP contribution in [0.1, 0.15) is 24.3 Å². The van der Waals surface area contributed by atoms with E-state index in [9.17, 15) is 15.8 Å². The number of nitrogens with one attached hydrogen (secondary N) is 1. The summed E-state index contributed by atoms with van der Waals surface area (Å²) < 4.78 is 1.07. The van der Waals surface area contributed by atoms with Gasteiger partial charge in [-0.25, -0.2) is 0 Å². The van der Waals surface area contributed by atoms with Crippen LogP contribution >= 0.6 is 22.6 Å². The summed E-state index contributed by atoms with van der Waals surface area (Å²) in [7, 11) is 0. The molecule has 0 bridgehead atoms. The molecule has 5 heteroatoms. The van der Waals surface area contributed by atoms with E-state index in [1.807, 2.05) is 42.5 Å². The lowest BCUT2D eigenvalue weighted by atomic mass is 9.61. The third-order valence-electron chi connectivity index (χ3n) is 4.63. The molecule has 1 N–H and O–H groups in total. The molecule has 3 rings (SSSR count). The Hall–Kier alpha value is -2.17. The van der Waals surface area contributed by atoms with Gasteiger partial charge in [0.2, 0.25) is 0 Å². The number of nitrogens with zero attached hydrogens (tertiary/aromatic N) is 3. The van der Waals surface area contributed by atoms with Crippen LogP contribution in [0.3, 0.4) is 0 Å². The summed E-state index contributed by atoms with van der Waals surface area (Å²) in [6, 6.07) is 13.9. The van der Waals surface area contributed by atoms with E-state index >= 15 is 0 Å². The molecule has 1 fully saturated rings. The molecule has 0 saturated heterocycles. The molecule has 4 nitrogen and oxygen atoms in total. The molecule has 0 amide bonds. The molecule has 0 radical (unpaired) electrons. The van der Waals surface area contributed by atoms with Crippen LogP contribution in [0, 0.1) is 60.2 Å². The first-order valence-corrected chi connectivity index (χ1v) is 8.43. The highest BCUT2D eigenvalue weighted by Crippen LogP contribution is 2.51. The average Bonchev–Trinajstić information content (AvgIpc) is 3.40. The monoisotopic (exact) mass is 412 g/mol. The van der Waals surface area contributed by atoms with Crippen molar-refractivity contribution >= 4 is 28.3 Å². The van der Waals surface area contributed by atoms with E-state index in [2.05, 4.69) is 28.7 Å². The molecule has 0 heterocycles. The van der Waals surface area contributed by atoms with Gasteiger partial charge in [-0.05, 0) is 64.6 Å². The van der Waals surface area contributed by atoms with Gasteiger partial charge in [0.15, 0.2) is 5.41 Å². The second kappa shape index (κ2) is 5.80. The minimum atomic E-state index is -1.61. The van der Waals surface area contributed by atoms with Gasteiger partial charge in [0.1, 0.15) is 5.92 Å². The van der Waals surface area contributed by atoms with Gasteiger partial charge < -0.3 is 5.41 Å². The third-order valence-corrected chi connectivity index (χ3v) is 5.35. The Balaban J connectivity index is 2.20. The van der Waals surface area contributed by atoms with Gasteiger partial charge in [0.25, 0.3) is 0 Å². The molecular weight excluding hydrogens is 399 g/mol. The Kier molecular flexibility index (Phi) is 3.96. The summed E-state index contributed by atoms with van der Waals surface area (Å²) >= 11 is 2.20. The molecule has 0 aromatic heterocycles. The van der Waals surface area contributed by atoms with Crippen molar-refractivity contribution in [3.8, 4) is 18.2 Å². The number of nitriles is 3. The van der Waals surface area contributed by atoms with Crippen molar-refractivity contribution in [2.24, 2.45) is 17.3 Å². The molecular formula is C18H13IN4. The SMILES string of the molecule is N#C[C@@H]1C(=N)C(C#N)(C#N)[C@H](c2ccc(I)cc2)C=C1C1CC1. The molecule has 1 aromatic rings. The van der Waals surface area contributed by atoms with Crippen LogP contribution in [-0.2, 0) is 0 Å². The van der Waals surface area contributed by atoms with Crippen LogP contribution in [0.5, 0.6) is 0 Å². The number of hydrogen-bond donors (Lipinski definition) is 1. The van der Waals surface area contributed by atoms with Gasteiger partial charge in [0, 0.05) is 9.49 Å². The number of benzene rings is 1. The Bertz CT molecular complexity index is 799. The third kappa shape index (κ3) is 2.44. The second-order valence-corrected chi connectivity index (χ2v) is 7.22. The average molecular weight is 412 g/mol. The molecule has 1 saturated carbocycles. The van der Waals surface area contributed by atoms with Crippen molar-refractivity contribution in [2.75, 3.05) is 0 Å². The maximum Gasteiger partial charge on any atom is 0.192 e. The van der Waals surface area contributed by atoms with Gasteiger partial charge in [-0.1, -0.05) is 18.2 Å². The molecule has 0 aliphatic heterocycles. The second-order valence-electron chi connectivity index (χ2n) is 5.98. The number of allylic oxidation sites excluding steroid dienone is 2. The number of halogens is 1. The lowest BCUT2D eigenvalue weighted by Crippen LogP contribution is -2.42. The molecule has 0 spiro atoms. The Morgan fingerprint density at radius 2 is 1.70 bits per heavy atom. The van der Waals surface area contributed by atoms with Crippen LogP contribution < -0.4 is 0 Å². The van der Waals surface area contributed by atoms with Crippen molar-refractivity contribution in [3.63, 3.8) is 0 Å². The first-order valence-electron chi connectivity index (χ1n) is 7.35. The summed E-state index contributed by atoms with van der Waals surface area (Å²) in [5.41, 5.74) is 0.0823. The minimum Gasteiger partial charge on any atom is -0.305 e. The number of hydrogen-bond acceptors (Lipinski definition) is 4. The zero-order chi connectivity index (χ0) is 16.6. The fraction of sp³-hybridized carbons (Fsp3) is 0.333.